The van der Waals surface area contributed by atoms with Gasteiger partial charge < -0.3 is 20.1 Å². The number of hydrogen-bond donors (Lipinski definition) is 2. The SMILES string of the molecule is CO[C@@H](C(=O)N(C)C)[C@H](C)NC(=O)O. The summed E-state index contributed by atoms with van der Waals surface area (Å²) in [6, 6.07) is -0.576. The smallest absolute Gasteiger partial charge is 0.404 e. The molecule has 0 aliphatic heterocycles. The number of carbonyl (C=O) groups excluding carboxylic acids is 1. The molecule has 0 aromatic heterocycles. The van der Waals surface area contributed by atoms with Gasteiger partial charge in [0.15, 0.2) is 6.10 Å². The zero-order valence-electron chi connectivity index (χ0n) is 8.77. The van der Waals surface area contributed by atoms with Gasteiger partial charge in [-0.3, -0.25) is 4.79 Å². The van der Waals surface area contributed by atoms with Crippen LogP contribution in [0, 0.1) is 0 Å². The highest BCUT2D eigenvalue weighted by Gasteiger charge is 2.27. The summed E-state index contributed by atoms with van der Waals surface area (Å²) >= 11 is 0. The summed E-state index contributed by atoms with van der Waals surface area (Å²) in [6.07, 6.45) is -1.97. The van der Waals surface area contributed by atoms with Crippen molar-refractivity contribution >= 4 is 12.0 Å². The molecule has 0 aliphatic carbocycles. The van der Waals surface area contributed by atoms with E-state index in [4.69, 9.17) is 9.84 Å². The van der Waals surface area contributed by atoms with E-state index in [2.05, 4.69) is 5.32 Å². The number of ether oxygens (including phenoxy) is 1. The molecular formula is C8H16N2O4. The zero-order valence-corrected chi connectivity index (χ0v) is 8.77. The van der Waals surface area contributed by atoms with Crippen molar-refractivity contribution in [1.82, 2.24) is 10.2 Å². The molecule has 6 nitrogen and oxygen atoms in total. The van der Waals surface area contributed by atoms with Gasteiger partial charge in [-0.1, -0.05) is 0 Å². The topological polar surface area (TPSA) is 78.9 Å². The molecule has 2 amide bonds. The van der Waals surface area contributed by atoms with Gasteiger partial charge in [-0.2, -0.15) is 0 Å². The minimum atomic E-state index is -1.17. The molecule has 0 aromatic rings. The Bertz CT molecular complexity index is 217. The van der Waals surface area contributed by atoms with Crippen molar-refractivity contribution in [2.45, 2.75) is 19.1 Å². The van der Waals surface area contributed by atoms with E-state index in [1.54, 1.807) is 21.0 Å². The summed E-state index contributed by atoms with van der Waals surface area (Å²) < 4.78 is 4.92. The molecule has 0 bridgehead atoms. The number of nitrogens with zero attached hydrogens (tertiary/aromatic N) is 1. The van der Waals surface area contributed by atoms with Gasteiger partial charge in [-0.05, 0) is 6.92 Å². The largest absolute Gasteiger partial charge is 0.465 e. The third kappa shape index (κ3) is 3.61. The Morgan fingerprint density at radius 1 is 1.43 bits per heavy atom. The first-order valence-corrected chi connectivity index (χ1v) is 4.13. The number of amides is 2. The molecule has 0 saturated heterocycles. The van der Waals surface area contributed by atoms with E-state index < -0.39 is 18.2 Å². The van der Waals surface area contributed by atoms with Crippen LogP contribution in [0.5, 0.6) is 0 Å². The summed E-state index contributed by atoms with van der Waals surface area (Å²) in [5.41, 5.74) is 0. The van der Waals surface area contributed by atoms with E-state index in [0.29, 0.717) is 0 Å². The van der Waals surface area contributed by atoms with Crippen molar-refractivity contribution in [2.24, 2.45) is 0 Å². The maximum atomic E-state index is 11.5. The van der Waals surface area contributed by atoms with Gasteiger partial charge in [0.1, 0.15) is 0 Å². The fourth-order valence-electron chi connectivity index (χ4n) is 1.04. The fraction of sp³-hybridized carbons (Fsp3) is 0.750. The second-order valence-corrected chi connectivity index (χ2v) is 3.13. The van der Waals surface area contributed by atoms with Crippen molar-refractivity contribution in [3.63, 3.8) is 0 Å². The lowest BCUT2D eigenvalue weighted by molar-refractivity contribution is -0.140. The van der Waals surface area contributed by atoms with E-state index in [0.717, 1.165) is 0 Å². The van der Waals surface area contributed by atoms with Crippen molar-refractivity contribution < 1.29 is 19.4 Å². The predicted octanol–water partition coefficient (Wildman–Crippen LogP) is -0.254. The van der Waals surface area contributed by atoms with Crippen LogP contribution < -0.4 is 5.32 Å². The summed E-state index contributed by atoms with van der Waals surface area (Å²) in [7, 11) is 4.54. The van der Waals surface area contributed by atoms with E-state index in [1.807, 2.05) is 0 Å². The third-order valence-electron chi connectivity index (χ3n) is 1.74. The highest BCUT2D eigenvalue weighted by Crippen LogP contribution is 2.01. The molecule has 0 saturated carbocycles. The minimum Gasteiger partial charge on any atom is -0.465 e. The first-order chi connectivity index (χ1) is 6.40. The Morgan fingerprint density at radius 2 is 1.93 bits per heavy atom. The standard InChI is InChI=1S/C8H16N2O4/c1-5(9-8(12)13)6(14-4)7(11)10(2)3/h5-6,9H,1-4H3,(H,12,13)/t5-,6+/m0/s1. The number of hydrogen-bond acceptors (Lipinski definition) is 3. The number of carbonyl (C=O) groups is 2. The number of rotatable bonds is 4. The minimum absolute atomic E-state index is 0.270. The van der Waals surface area contributed by atoms with E-state index in [1.165, 1.54) is 12.0 Å². The summed E-state index contributed by atoms with van der Waals surface area (Å²) in [6.45, 7) is 1.57. The molecule has 2 N–H and O–H groups in total. The first kappa shape index (κ1) is 12.7. The van der Waals surface area contributed by atoms with Crippen LogP contribution in [0.3, 0.4) is 0 Å². The molecule has 0 aliphatic rings. The van der Waals surface area contributed by atoms with E-state index in [9.17, 15) is 9.59 Å². The zero-order chi connectivity index (χ0) is 11.3. The molecular weight excluding hydrogens is 188 g/mol. The lowest BCUT2D eigenvalue weighted by Crippen LogP contribution is -2.49. The van der Waals surface area contributed by atoms with Gasteiger partial charge in [0.25, 0.3) is 5.91 Å². The summed E-state index contributed by atoms with van der Waals surface area (Å²) in [5, 5.41) is 10.6. The van der Waals surface area contributed by atoms with Gasteiger partial charge in [0.05, 0.1) is 6.04 Å². The van der Waals surface area contributed by atoms with E-state index in [-0.39, 0.29) is 5.91 Å². The normalized spacial score (nSPS) is 14.3. The monoisotopic (exact) mass is 204 g/mol. The van der Waals surface area contributed by atoms with Crippen LogP contribution in [0.15, 0.2) is 0 Å². The van der Waals surface area contributed by atoms with Crippen LogP contribution in [0.25, 0.3) is 0 Å². The van der Waals surface area contributed by atoms with Crippen LogP contribution in [0.2, 0.25) is 0 Å². The number of nitrogens with one attached hydrogen (secondary N) is 1. The van der Waals surface area contributed by atoms with Crippen molar-refractivity contribution in [2.75, 3.05) is 21.2 Å². The summed E-state index contributed by atoms with van der Waals surface area (Å²) in [5.74, 6) is -0.270. The van der Waals surface area contributed by atoms with Crippen molar-refractivity contribution in [3.8, 4) is 0 Å². The molecule has 0 heterocycles. The van der Waals surface area contributed by atoms with Gasteiger partial charge >= 0.3 is 6.09 Å². The van der Waals surface area contributed by atoms with E-state index >= 15 is 0 Å². The van der Waals surface area contributed by atoms with Gasteiger partial charge in [-0.15, -0.1) is 0 Å². The Morgan fingerprint density at radius 3 is 2.21 bits per heavy atom. The van der Waals surface area contributed by atoms with Crippen LogP contribution in [-0.4, -0.2) is 55.4 Å². The molecule has 0 fully saturated rings. The van der Waals surface area contributed by atoms with Crippen LogP contribution in [-0.2, 0) is 9.53 Å². The number of methoxy groups -OCH3 is 1. The molecule has 14 heavy (non-hydrogen) atoms. The molecule has 0 unspecified atom stereocenters. The highest BCUT2D eigenvalue weighted by molar-refractivity contribution is 5.81. The first-order valence-electron chi connectivity index (χ1n) is 4.13. The molecule has 82 valence electrons. The van der Waals surface area contributed by atoms with Crippen LogP contribution >= 0.6 is 0 Å². The van der Waals surface area contributed by atoms with Gasteiger partial charge in [0, 0.05) is 21.2 Å². The Hall–Kier alpha value is -1.30. The molecule has 0 spiro atoms. The van der Waals surface area contributed by atoms with Crippen molar-refractivity contribution in [3.05, 3.63) is 0 Å². The highest BCUT2D eigenvalue weighted by atomic mass is 16.5. The van der Waals surface area contributed by atoms with Crippen LogP contribution in [0.4, 0.5) is 4.79 Å². The van der Waals surface area contributed by atoms with Gasteiger partial charge in [-0.25, -0.2) is 4.79 Å². The number of carboxylic acid groups (broad SMARTS) is 1. The molecule has 0 radical (unpaired) electrons. The van der Waals surface area contributed by atoms with Gasteiger partial charge in [0.2, 0.25) is 0 Å². The maximum absolute atomic E-state index is 11.5. The average Bonchev–Trinajstić information content (AvgIpc) is 2.03. The molecule has 6 heteroatoms. The molecule has 0 aromatic carbocycles. The number of likely N-dealkylation sites (N-methyl/N-ethyl adjacent to an activating group) is 1. The Labute approximate surface area is 82.8 Å². The lowest BCUT2D eigenvalue weighted by atomic mass is 10.1. The Balaban J connectivity index is 4.39. The summed E-state index contributed by atoms with van der Waals surface area (Å²) in [4.78, 5) is 23.2. The predicted molar refractivity (Wildman–Crippen MR) is 50.1 cm³/mol. The average molecular weight is 204 g/mol. The molecule has 0 rings (SSSR count). The van der Waals surface area contributed by atoms with Crippen molar-refractivity contribution in [1.29, 1.82) is 0 Å². The second-order valence-electron chi connectivity index (χ2n) is 3.13. The second kappa shape index (κ2) is 5.43. The maximum Gasteiger partial charge on any atom is 0.404 e. The quantitative estimate of drug-likeness (QED) is 0.661. The third-order valence-corrected chi connectivity index (χ3v) is 1.74. The lowest BCUT2D eigenvalue weighted by Gasteiger charge is -2.24. The Kier molecular flexibility index (Phi) is 4.93. The molecule has 2 atom stereocenters. The fourth-order valence-corrected chi connectivity index (χ4v) is 1.04. The van der Waals surface area contributed by atoms with Crippen LogP contribution in [0.1, 0.15) is 6.92 Å².